The van der Waals surface area contributed by atoms with Crippen LogP contribution in [0.5, 0.6) is 0 Å². The largest absolute Gasteiger partial charge is 0.272 e. The predicted molar refractivity (Wildman–Crippen MR) is 67.0 cm³/mol. The van der Waals surface area contributed by atoms with E-state index in [4.69, 9.17) is 12.2 Å². The molecule has 1 saturated carbocycles. The first-order valence-electron chi connectivity index (χ1n) is 5.31. The van der Waals surface area contributed by atoms with E-state index in [0.29, 0.717) is 16.0 Å². The summed E-state index contributed by atoms with van der Waals surface area (Å²) in [5, 5.41) is 5.58. The molecule has 1 heterocycles. The van der Waals surface area contributed by atoms with Crippen LogP contribution in [0.4, 0.5) is 0 Å². The van der Waals surface area contributed by atoms with Crippen LogP contribution in [0.25, 0.3) is 0 Å². The van der Waals surface area contributed by atoms with Crippen LogP contribution in [0.2, 0.25) is 0 Å². The lowest BCUT2D eigenvalue weighted by Gasteiger charge is -2.17. The highest BCUT2D eigenvalue weighted by atomic mass is 32.2. The topological polar surface area (TPSA) is 32.7 Å². The normalized spacial score (nSPS) is 24.4. The number of thiocarbonyl (C=S) groups is 1. The Morgan fingerprint density at radius 3 is 2.73 bits per heavy atom. The number of hydrazone groups is 1. The van der Waals surface area contributed by atoms with E-state index in [1.165, 1.54) is 48.9 Å². The van der Waals surface area contributed by atoms with E-state index in [1.807, 2.05) is 6.21 Å². The maximum Gasteiger partial charge on any atom is 0.259 e. The molecule has 0 aromatic heterocycles. The summed E-state index contributed by atoms with van der Waals surface area (Å²) >= 11 is 6.43. The standard InChI is InChI=1S/C10H14N2OS2/c13-9-7-15-10(14)12(9)11-6-8-4-2-1-3-5-8/h6,8H,1-5,7H2/b11-6+. The molecule has 1 saturated heterocycles. The van der Waals surface area contributed by atoms with Gasteiger partial charge in [0.25, 0.3) is 5.91 Å². The van der Waals surface area contributed by atoms with E-state index < -0.39 is 0 Å². The van der Waals surface area contributed by atoms with Crippen molar-refractivity contribution in [3.05, 3.63) is 0 Å². The van der Waals surface area contributed by atoms with Gasteiger partial charge in [-0.1, -0.05) is 43.2 Å². The Morgan fingerprint density at radius 1 is 1.40 bits per heavy atom. The van der Waals surface area contributed by atoms with Crippen molar-refractivity contribution in [2.24, 2.45) is 11.0 Å². The van der Waals surface area contributed by atoms with Gasteiger partial charge < -0.3 is 0 Å². The Kier molecular flexibility index (Phi) is 3.75. The number of carbonyl (C=O) groups excluding carboxylic acids is 1. The first kappa shape index (κ1) is 11.1. The van der Waals surface area contributed by atoms with Gasteiger partial charge in [-0.15, -0.1) is 0 Å². The maximum absolute atomic E-state index is 11.4. The molecule has 1 amide bonds. The molecule has 15 heavy (non-hydrogen) atoms. The van der Waals surface area contributed by atoms with Crippen LogP contribution in [0.1, 0.15) is 32.1 Å². The lowest BCUT2D eigenvalue weighted by atomic mass is 9.90. The fraction of sp³-hybridized carbons (Fsp3) is 0.700. The lowest BCUT2D eigenvalue weighted by molar-refractivity contribution is -0.124. The molecule has 0 aromatic rings. The molecular formula is C10H14N2OS2. The van der Waals surface area contributed by atoms with Crippen molar-refractivity contribution in [1.82, 2.24) is 5.01 Å². The van der Waals surface area contributed by atoms with Gasteiger partial charge in [0.05, 0.1) is 5.75 Å². The summed E-state index contributed by atoms with van der Waals surface area (Å²) in [4.78, 5) is 11.4. The van der Waals surface area contributed by atoms with Crippen LogP contribution in [-0.2, 0) is 4.79 Å². The second-order valence-corrected chi connectivity index (χ2v) is 5.53. The van der Waals surface area contributed by atoms with Gasteiger partial charge in [0.1, 0.15) is 0 Å². The number of carbonyl (C=O) groups is 1. The van der Waals surface area contributed by atoms with Crippen molar-refractivity contribution < 1.29 is 4.79 Å². The van der Waals surface area contributed by atoms with Gasteiger partial charge in [0.2, 0.25) is 0 Å². The fourth-order valence-electron chi connectivity index (χ4n) is 1.90. The molecule has 5 heteroatoms. The Labute approximate surface area is 99.3 Å². The SMILES string of the molecule is O=C1CSC(=S)N1/N=C/C1CCCCC1. The third-order valence-corrected chi connectivity index (χ3v) is 4.11. The van der Waals surface area contributed by atoms with Crippen LogP contribution >= 0.6 is 24.0 Å². The minimum Gasteiger partial charge on any atom is -0.272 e. The Hall–Kier alpha value is -0.420. The molecule has 0 bridgehead atoms. The molecule has 2 aliphatic rings. The summed E-state index contributed by atoms with van der Waals surface area (Å²) in [6.45, 7) is 0. The van der Waals surface area contributed by atoms with Gasteiger partial charge in [-0.2, -0.15) is 10.1 Å². The molecule has 2 rings (SSSR count). The highest BCUT2D eigenvalue weighted by Crippen LogP contribution is 2.23. The summed E-state index contributed by atoms with van der Waals surface area (Å²) in [6.07, 6.45) is 8.21. The first-order chi connectivity index (χ1) is 7.27. The molecular weight excluding hydrogens is 228 g/mol. The zero-order valence-corrected chi connectivity index (χ0v) is 10.1. The Morgan fingerprint density at radius 2 is 2.13 bits per heavy atom. The number of thioether (sulfide) groups is 1. The quantitative estimate of drug-likeness (QED) is 0.550. The van der Waals surface area contributed by atoms with E-state index in [9.17, 15) is 4.79 Å². The van der Waals surface area contributed by atoms with Crippen LogP contribution in [-0.4, -0.2) is 27.2 Å². The average Bonchev–Trinajstić information content (AvgIpc) is 2.58. The third-order valence-electron chi connectivity index (χ3n) is 2.77. The number of amides is 1. The minimum absolute atomic E-state index is 0.0112. The minimum atomic E-state index is 0.0112. The number of nitrogens with zero attached hydrogens (tertiary/aromatic N) is 2. The monoisotopic (exact) mass is 242 g/mol. The van der Waals surface area contributed by atoms with E-state index in [2.05, 4.69) is 5.10 Å². The maximum atomic E-state index is 11.4. The smallest absolute Gasteiger partial charge is 0.259 e. The van der Waals surface area contributed by atoms with Crippen molar-refractivity contribution in [2.75, 3.05) is 5.75 Å². The molecule has 1 aliphatic carbocycles. The highest BCUT2D eigenvalue weighted by Gasteiger charge is 2.26. The van der Waals surface area contributed by atoms with Crippen molar-refractivity contribution in [1.29, 1.82) is 0 Å². The van der Waals surface area contributed by atoms with Crippen LogP contribution in [0, 0.1) is 5.92 Å². The molecule has 1 aliphatic heterocycles. The Bertz CT molecular complexity index is 282. The molecule has 82 valence electrons. The van der Waals surface area contributed by atoms with Gasteiger partial charge in [-0.05, 0) is 18.8 Å². The van der Waals surface area contributed by atoms with E-state index in [1.54, 1.807) is 0 Å². The molecule has 0 N–H and O–H groups in total. The summed E-state index contributed by atoms with van der Waals surface area (Å²) in [6, 6.07) is 0. The van der Waals surface area contributed by atoms with Crippen molar-refractivity contribution >= 4 is 40.4 Å². The molecule has 0 spiro atoms. The zero-order valence-electron chi connectivity index (χ0n) is 8.52. The molecule has 0 unspecified atom stereocenters. The molecule has 0 radical (unpaired) electrons. The number of rotatable bonds is 2. The van der Waals surface area contributed by atoms with Crippen molar-refractivity contribution in [2.45, 2.75) is 32.1 Å². The van der Waals surface area contributed by atoms with E-state index >= 15 is 0 Å². The van der Waals surface area contributed by atoms with Gasteiger partial charge >= 0.3 is 0 Å². The van der Waals surface area contributed by atoms with Crippen LogP contribution < -0.4 is 0 Å². The molecule has 0 atom stereocenters. The van der Waals surface area contributed by atoms with Gasteiger partial charge in [0.15, 0.2) is 4.32 Å². The van der Waals surface area contributed by atoms with Crippen molar-refractivity contribution in [3.8, 4) is 0 Å². The lowest BCUT2D eigenvalue weighted by Crippen LogP contribution is -2.23. The zero-order chi connectivity index (χ0) is 10.7. The molecule has 3 nitrogen and oxygen atoms in total. The fourth-order valence-corrected chi connectivity index (χ4v) is 2.87. The van der Waals surface area contributed by atoms with Gasteiger partial charge in [-0.25, -0.2) is 0 Å². The van der Waals surface area contributed by atoms with Crippen LogP contribution in [0.15, 0.2) is 5.10 Å². The highest BCUT2D eigenvalue weighted by molar-refractivity contribution is 8.23. The second-order valence-electron chi connectivity index (χ2n) is 3.92. The van der Waals surface area contributed by atoms with E-state index in [-0.39, 0.29) is 5.91 Å². The van der Waals surface area contributed by atoms with E-state index in [0.717, 1.165) is 0 Å². The van der Waals surface area contributed by atoms with Gasteiger partial charge in [0, 0.05) is 6.21 Å². The number of hydrogen-bond donors (Lipinski definition) is 0. The summed E-state index contributed by atoms with van der Waals surface area (Å²) < 4.78 is 0.590. The summed E-state index contributed by atoms with van der Waals surface area (Å²) in [5.74, 6) is 0.998. The van der Waals surface area contributed by atoms with Crippen LogP contribution in [0.3, 0.4) is 0 Å². The summed E-state index contributed by atoms with van der Waals surface area (Å²) in [5.41, 5.74) is 0. The Balaban J connectivity index is 1.91. The van der Waals surface area contributed by atoms with Crippen molar-refractivity contribution in [3.63, 3.8) is 0 Å². The molecule has 0 aromatic carbocycles. The average molecular weight is 242 g/mol. The first-order valence-corrected chi connectivity index (χ1v) is 6.70. The summed E-state index contributed by atoms with van der Waals surface area (Å²) in [7, 11) is 0. The number of hydrogen-bond acceptors (Lipinski definition) is 4. The van der Waals surface area contributed by atoms with Gasteiger partial charge in [-0.3, -0.25) is 4.79 Å². The molecule has 2 fully saturated rings. The second kappa shape index (κ2) is 5.07. The third kappa shape index (κ3) is 2.78. The predicted octanol–water partition coefficient (Wildman–Crippen LogP) is 2.41.